The molecule has 3 heteroatoms. The number of rotatable bonds is 4. The normalized spacial score (nSPS) is 23.4. The van der Waals surface area contributed by atoms with Crippen molar-refractivity contribution in [2.45, 2.75) is 38.6 Å². The Labute approximate surface area is 123 Å². The molecule has 1 unspecified atom stereocenters. The minimum atomic E-state index is 0.659. The molecule has 0 bridgehead atoms. The van der Waals surface area contributed by atoms with Gasteiger partial charge in [-0.2, -0.15) is 0 Å². The molecule has 0 amide bonds. The van der Waals surface area contributed by atoms with Crippen molar-refractivity contribution in [3.05, 3.63) is 24.3 Å². The summed E-state index contributed by atoms with van der Waals surface area (Å²) < 4.78 is 0. The summed E-state index contributed by atoms with van der Waals surface area (Å²) in [6, 6.07) is 9.88. The van der Waals surface area contributed by atoms with E-state index >= 15 is 0 Å². The first-order chi connectivity index (χ1) is 9.86. The monoisotopic (exact) mass is 273 g/mol. The van der Waals surface area contributed by atoms with Crippen molar-refractivity contribution < 1.29 is 0 Å². The van der Waals surface area contributed by atoms with Crippen LogP contribution in [-0.2, 0) is 0 Å². The van der Waals surface area contributed by atoms with Crippen LogP contribution in [0.1, 0.15) is 32.6 Å². The number of nitrogens with one attached hydrogen (secondary N) is 1. The molecule has 20 heavy (non-hydrogen) atoms. The molecule has 1 N–H and O–H groups in total. The fourth-order valence-electron chi connectivity index (χ4n) is 3.45. The molecule has 2 aliphatic heterocycles. The highest BCUT2D eigenvalue weighted by Crippen LogP contribution is 2.24. The molecule has 3 nitrogen and oxygen atoms in total. The third-order valence-electron chi connectivity index (χ3n) is 4.58. The highest BCUT2D eigenvalue weighted by molar-refractivity contribution is 5.57. The standard InChI is InChI=1S/C17H27N3/c1-2-5-15-14-20(13-10-18-15)17-8-6-16(7-9-17)19-11-3-4-12-19/h6-9,15,18H,2-5,10-14H2,1H3. The van der Waals surface area contributed by atoms with Gasteiger partial charge in [-0.1, -0.05) is 13.3 Å². The van der Waals surface area contributed by atoms with Crippen LogP contribution in [0.25, 0.3) is 0 Å². The maximum Gasteiger partial charge on any atom is 0.0368 e. The van der Waals surface area contributed by atoms with Gasteiger partial charge in [-0.05, 0) is 43.5 Å². The Kier molecular flexibility index (Phi) is 4.46. The summed E-state index contributed by atoms with van der Waals surface area (Å²) in [6.07, 6.45) is 5.23. The van der Waals surface area contributed by atoms with Crippen LogP contribution in [0.5, 0.6) is 0 Å². The molecular weight excluding hydrogens is 246 g/mol. The summed E-state index contributed by atoms with van der Waals surface area (Å²) >= 11 is 0. The van der Waals surface area contributed by atoms with E-state index < -0.39 is 0 Å². The molecule has 3 rings (SSSR count). The molecule has 2 heterocycles. The Morgan fingerprint density at radius 2 is 1.65 bits per heavy atom. The van der Waals surface area contributed by atoms with Crippen molar-refractivity contribution in [3.63, 3.8) is 0 Å². The largest absolute Gasteiger partial charge is 0.372 e. The number of nitrogens with zero attached hydrogens (tertiary/aromatic N) is 2. The van der Waals surface area contributed by atoms with Crippen molar-refractivity contribution in [1.29, 1.82) is 0 Å². The predicted molar refractivity (Wildman–Crippen MR) is 86.8 cm³/mol. The number of piperazine rings is 1. The molecule has 1 aromatic rings. The fraction of sp³-hybridized carbons (Fsp3) is 0.647. The molecule has 0 saturated carbocycles. The van der Waals surface area contributed by atoms with E-state index in [0.29, 0.717) is 6.04 Å². The fourth-order valence-corrected chi connectivity index (χ4v) is 3.45. The van der Waals surface area contributed by atoms with Crippen LogP contribution < -0.4 is 15.1 Å². The van der Waals surface area contributed by atoms with Crippen molar-refractivity contribution in [2.75, 3.05) is 42.5 Å². The van der Waals surface area contributed by atoms with Gasteiger partial charge in [0.25, 0.3) is 0 Å². The Balaban J connectivity index is 1.64. The second-order valence-corrected chi connectivity index (χ2v) is 6.10. The van der Waals surface area contributed by atoms with Gasteiger partial charge in [-0.15, -0.1) is 0 Å². The van der Waals surface area contributed by atoms with Gasteiger partial charge in [-0.3, -0.25) is 0 Å². The summed E-state index contributed by atoms with van der Waals surface area (Å²) in [7, 11) is 0. The van der Waals surface area contributed by atoms with E-state index in [1.165, 1.54) is 50.1 Å². The van der Waals surface area contributed by atoms with Crippen molar-refractivity contribution >= 4 is 11.4 Å². The van der Waals surface area contributed by atoms with Gasteiger partial charge < -0.3 is 15.1 Å². The van der Waals surface area contributed by atoms with Crippen molar-refractivity contribution in [3.8, 4) is 0 Å². The SMILES string of the molecule is CCCC1CN(c2ccc(N3CCCC3)cc2)CCN1. The van der Waals surface area contributed by atoms with E-state index in [9.17, 15) is 0 Å². The minimum absolute atomic E-state index is 0.659. The lowest BCUT2D eigenvalue weighted by molar-refractivity contribution is 0.431. The van der Waals surface area contributed by atoms with E-state index in [0.717, 1.165) is 19.6 Å². The second kappa shape index (κ2) is 6.49. The van der Waals surface area contributed by atoms with E-state index in [4.69, 9.17) is 0 Å². The second-order valence-electron chi connectivity index (χ2n) is 6.10. The summed E-state index contributed by atoms with van der Waals surface area (Å²) in [5, 5.41) is 3.63. The zero-order valence-electron chi connectivity index (χ0n) is 12.6. The third kappa shape index (κ3) is 3.09. The van der Waals surface area contributed by atoms with Gasteiger partial charge in [0.05, 0.1) is 0 Å². The maximum atomic E-state index is 3.63. The average molecular weight is 273 g/mol. The molecule has 0 aliphatic carbocycles. The maximum absolute atomic E-state index is 3.63. The minimum Gasteiger partial charge on any atom is -0.372 e. The predicted octanol–water partition coefficient (Wildman–Crippen LogP) is 2.87. The molecule has 0 aromatic heterocycles. The zero-order chi connectivity index (χ0) is 13.8. The molecule has 0 radical (unpaired) electrons. The lowest BCUT2D eigenvalue weighted by Crippen LogP contribution is -2.50. The van der Waals surface area contributed by atoms with Gasteiger partial charge in [0, 0.05) is 50.1 Å². The van der Waals surface area contributed by atoms with E-state index in [2.05, 4.69) is 46.3 Å². The average Bonchev–Trinajstić information content (AvgIpc) is 3.02. The summed E-state index contributed by atoms with van der Waals surface area (Å²) in [6.45, 7) is 8.11. The van der Waals surface area contributed by atoms with Crippen LogP contribution >= 0.6 is 0 Å². The Morgan fingerprint density at radius 3 is 2.30 bits per heavy atom. The van der Waals surface area contributed by atoms with E-state index in [1.54, 1.807) is 0 Å². The lowest BCUT2D eigenvalue weighted by Gasteiger charge is -2.35. The summed E-state index contributed by atoms with van der Waals surface area (Å²) in [5.74, 6) is 0. The van der Waals surface area contributed by atoms with Gasteiger partial charge in [-0.25, -0.2) is 0 Å². The number of hydrogen-bond acceptors (Lipinski definition) is 3. The van der Waals surface area contributed by atoms with Gasteiger partial charge in [0.15, 0.2) is 0 Å². The van der Waals surface area contributed by atoms with Crippen molar-refractivity contribution in [2.24, 2.45) is 0 Å². The van der Waals surface area contributed by atoms with Crippen LogP contribution in [-0.4, -0.2) is 38.8 Å². The molecule has 1 atom stereocenters. The molecule has 2 saturated heterocycles. The molecule has 110 valence electrons. The smallest absolute Gasteiger partial charge is 0.0368 e. The number of benzene rings is 1. The number of anilines is 2. The molecular formula is C17H27N3. The third-order valence-corrected chi connectivity index (χ3v) is 4.58. The van der Waals surface area contributed by atoms with Crippen LogP contribution in [0, 0.1) is 0 Å². The van der Waals surface area contributed by atoms with Crippen LogP contribution in [0.4, 0.5) is 11.4 Å². The van der Waals surface area contributed by atoms with E-state index in [-0.39, 0.29) is 0 Å². The van der Waals surface area contributed by atoms with Crippen LogP contribution in [0.15, 0.2) is 24.3 Å². The zero-order valence-corrected chi connectivity index (χ0v) is 12.6. The topological polar surface area (TPSA) is 18.5 Å². The highest BCUT2D eigenvalue weighted by Gasteiger charge is 2.19. The van der Waals surface area contributed by atoms with Gasteiger partial charge in [0.2, 0.25) is 0 Å². The Morgan fingerprint density at radius 1 is 1.00 bits per heavy atom. The molecule has 2 aliphatic rings. The van der Waals surface area contributed by atoms with Crippen LogP contribution in [0.2, 0.25) is 0 Å². The molecule has 0 spiro atoms. The molecule has 2 fully saturated rings. The van der Waals surface area contributed by atoms with Gasteiger partial charge in [0.1, 0.15) is 0 Å². The quantitative estimate of drug-likeness (QED) is 0.910. The van der Waals surface area contributed by atoms with Gasteiger partial charge >= 0.3 is 0 Å². The van der Waals surface area contributed by atoms with Crippen molar-refractivity contribution in [1.82, 2.24) is 5.32 Å². The first-order valence-electron chi connectivity index (χ1n) is 8.20. The highest BCUT2D eigenvalue weighted by atomic mass is 15.2. The number of hydrogen-bond donors (Lipinski definition) is 1. The first kappa shape index (κ1) is 13.7. The van der Waals surface area contributed by atoms with E-state index in [1.807, 2.05) is 0 Å². The Hall–Kier alpha value is -1.22. The van der Waals surface area contributed by atoms with Crippen LogP contribution in [0.3, 0.4) is 0 Å². The lowest BCUT2D eigenvalue weighted by atomic mass is 10.1. The summed E-state index contributed by atoms with van der Waals surface area (Å²) in [5.41, 5.74) is 2.78. The summed E-state index contributed by atoms with van der Waals surface area (Å²) in [4.78, 5) is 5.03. The molecule has 1 aromatic carbocycles. The first-order valence-corrected chi connectivity index (χ1v) is 8.20. The Bertz CT molecular complexity index is 407.